The highest BCUT2D eigenvalue weighted by molar-refractivity contribution is 7.88. The van der Waals surface area contributed by atoms with Gasteiger partial charge in [-0.15, -0.1) is 0 Å². The van der Waals surface area contributed by atoms with Crippen LogP contribution in [0.15, 0.2) is 12.3 Å². The quantitative estimate of drug-likeness (QED) is 0.640. The molecule has 0 radical (unpaired) electrons. The van der Waals surface area contributed by atoms with Crippen LogP contribution in [0.5, 0.6) is 0 Å². The first kappa shape index (κ1) is 12.4. The Labute approximate surface area is 80.7 Å². The van der Waals surface area contributed by atoms with Gasteiger partial charge in [-0.25, -0.2) is 12.7 Å². The molecule has 0 saturated carbocycles. The molecule has 4 nitrogen and oxygen atoms in total. The lowest BCUT2D eigenvalue weighted by molar-refractivity contribution is 0.463. The molecule has 0 aliphatic heterocycles. The molecule has 13 heavy (non-hydrogen) atoms. The summed E-state index contributed by atoms with van der Waals surface area (Å²) in [7, 11) is -1.44. The normalized spacial score (nSPS) is 11.7. The summed E-state index contributed by atoms with van der Waals surface area (Å²) in [4.78, 5) is 0. The van der Waals surface area contributed by atoms with Gasteiger partial charge in [-0.1, -0.05) is 6.58 Å². The Morgan fingerprint density at radius 2 is 2.08 bits per heavy atom. The van der Waals surface area contributed by atoms with Crippen molar-refractivity contribution in [3.63, 3.8) is 0 Å². The molecule has 0 aromatic rings. The largest absolute Gasteiger partial charge is 0.389 e. The van der Waals surface area contributed by atoms with Crippen LogP contribution in [-0.4, -0.2) is 39.1 Å². The first-order valence-electron chi connectivity index (χ1n) is 4.14. The molecule has 0 bridgehead atoms. The molecule has 0 amide bonds. The number of sulfonamides is 1. The minimum Gasteiger partial charge on any atom is -0.389 e. The van der Waals surface area contributed by atoms with Crippen molar-refractivity contribution in [3.05, 3.63) is 12.3 Å². The second-order valence-electron chi connectivity index (χ2n) is 3.15. The standard InChI is InChI=1S/C8H18N2O2S/c1-8(2)9-6-5-7-10(3)13(4,11)12/h9H,1,5-7H2,2-4H3. The van der Waals surface area contributed by atoms with Crippen LogP contribution in [0.1, 0.15) is 13.3 Å². The van der Waals surface area contributed by atoms with Crippen molar-refractivity contribution < 1.29 is 8.42 Å². The molecule has 0 aliphatic carbocycles. The van der Waals surface area contributed by atoms with Crippen LogP contribution in [0.4, 0.5) is 0 Å². The number of hydrogen-bond acceptors (Lipinski definition) is 3. The molecular formula is C8H18N2O2S. The van der Waals surface area contributed by atoms with E-state index >= 15 is 0 Å². The van der Waals surface area contributed by atoms with E-state index in [1.54, 1.807) is 7.05 Å². The van der Waals surface area contributed by atoms with Gasteiger partial charge in [0.25, 0.3) is 0 Å². The molecule has 1 N–H and O–H groups in total. The highest BCUT2D eigenvalue weighted by atomic mass is 32.2. The summed E-state index contributed by atoms with van der Waals surface area (Å²) >= 11 is 0. The Balaban J connectivity index is 3.61. The third kappa shape index (κ3) is 6.60. The number of allylic oxidation sites excluding steroid dienone is 1. The lowest BCUT2D eigenvalue weighted by atomic mass is 10.4. The van der Waals surface area contributed by atoms with E-state index in [9.17, 15) is 8.42 Å². The lowest BCUT2D eigenvalue weighted by Gasteiger charge is -2.13. The number of nitrogens with one attached hydrogen (secondary N) is 1. The van der Waals surface area contributed by atoms with Crippen molar-refractivity contribution in [1.29, 1.82) is 0 Å². The summed E-state index contributed by atoms with van der Waals surface area (Å²) in [5, 5.41) is 3.04. The summed E-state index contributed by atoms with van der Waals surface area (Å²) < 4.78 is 23.2. The molecule has 78 valence electrons. The van der Waals surface area contributed by atoms with Gasteiger partial charge in [-0.3, -0.25) is 0 Å². The second-order valence-corrected chi connectivity index (χ2v) is 5.23. The van der Waals surface area contributed by atoms with Gasteiger partial charge in [-0.05, 0) is 13.3 Å². The maximum absolute atomic E-state index is 10.9. The van der Waals surface area contributed by atoms with Crippen LogP contribution in [0, 0.1) is 0 Å². The monoisotopic (exact) mass is 206 g/mol. The van der Waals surface area contributed by atoms with Crippen molar-refractivity contribution in [2.45, 2.75) is 13.3 Å². The van der Waals surface area contributed by atoms with Gasteiger partial charge in [0.05, 0.1) is 6.26 Å². The molecule has 5 heteroatoms. The molecule has 0 aliphatic rings. The molecule has 0 rings (SSSR count). The van der Waals surface area contributed by atoms with Crippen molar-refractivity contribution in [2.24, 2.45) is 0 Å². The third-order valence-electron chi connectivity index (χ3n) is 1.64. The summed E-state index contributed by atoms with van der Waals surface area (Å²) in [6.45, 7) is 6.85. The smallest absolute Gasteiger partial charge is 0.210 e. The van der Waals surface area contributed by atoms with Gasteiger partial charge >= 0.3 is 0 Å². The fourth-order valence-corrected chi connectivity index (χ4v) is 1.23. The van der Waals surface area contributed by atoms with Crippen molar-refractivity contribution in [2.75, 3.05) is 26.4 Å². The Hall–Kier alpha value is -0.550. The van der Waals surface area contributed by atoms with Crippen molar-refractivity contribution in [3.8, 4) is 0 Å². The molecule has 0 unspecified atom stereocenters. The van der Waals surface area contributed by atoms with Crippen molar-refractivity contribution >= 4 is 10.0 Å². The van der Waals surface area contributed by atoms with E-state index in [0.717, 1.165) is 18.7 Å². The molecule has 0 aromatic heterocycles. The third-order valence-corrected chi connectivity index (χ3v) is 2.96. The van der Waals surface area contributed by atoms with E-state index in [1.807, 2.05) is 6.92 Å². The maximum atomic E-state index is 10.9. The van der Waals surface area contributed by atoms with E-state index in [1.165, 1.54) is 10.6 Å². The first-order valence-corrected chi connectivity index (χ1v) is 5.99. The second kappa shape index (κ2) is 5.24. The van der Waals surface area contributed by atoms with E-state index in [4.69, 9.17) is 0 Å². The van der Waals surface area contributed by atoms with E-state index in [-0.39, 0.29) is 0 Å². The predicted octanol–water partition coefficient (Wildman–Crippen LogP) is 0.391. The fourth-order valence-electron chi connectivity index (χ4n) is 0.769. The molecule has 0 fully saturated rings. The molecule has 0 saturated heterocycles. The van der Waals surface area contributed by atoms with Gasteiger partial charge in [0.15, 0.2) is 0 Å². The molecular weight excluding hydrogens is 188 g/mol. The number of nitrogens with zero attached hydrogens (tertiary/aromatic N) is 1. The minimum absolute atomic E-state index is 0.541. The number of rotatable bonds is 6. The van der Waals surface area contributed by atoms with Gasteiger partial charge in [0, 0.05) is 25.8 Å². The van der Waals surface area contributed by atoms with Gasteiger partial charge in [0.2, 0.25) is 10.0 Å². The predicted molar refractivity (Wildman–Crippen MR) is 54.9 cm³/mol. The number of hydrogen-bond donors (Lipinski definition) is 1. The summed E-state index contributed by atoms with van der Waals surface area (Å²) in [6.07, 6.45) is 2.00. The van der Waals surface area contributed by atoms with Gasteiger partial charge in [-0.2, -0.15) is 0 Å². The molecule has 0 atom stereocenters. The van der Waals surface area contributed by atoms with Crippen LogP contribution >= 0.6 is 0 Å². The summed E-state index contributed by atoms with van der Waals surface area (Å²) in [5.74, 6) is 0. The zero-order chi connectivity index (χ0) is 10.5. The summed E-state index contributed by atoms with van der Waals surface area (Å²) in [6, 6.07) is 0. The van der Waals surface area contributed by atoms with E-state index in [0.29, 0.717) is 6.54 Å². The van der Waals surface area contributed by atoms with Crippen LogP contribution in [-0.2, 0) is 10.0 Å². The Morgan fingerprint density at radius 1 is 1.54 bits per heavy atom. The Kier molecular flexibility index (Phi) is 5.02. The average molecular weight is 206 g/mol. The zero-order valence-corrected chi connectivity index (χ0v) is 9.32. The van der Waals surface area contributed by atoms with Crippen LogP contribution in [0.25, 0.3) is 0 Å². The highest BCUT2D eigenvalue weighted by Crippen LogP contribution is 1.94. The van der Waals surface area contributed by atoms with Gasteiger partial charge < -0.3 is 5.32 Å². The van der Waals surface area contributed by atoms with Gasteiger partial charge in [0.1, 0.15) is 0 Å². The maximum Gasteiger partial charge on any atom is 0.210 e. The summed E-state index contributed by atoms with van der Waals surface area (Å²) in [5.41, 5.74) is 0.905. The van der Waals surface area contributed by atoms with Crippen LogP contribution in [0.3, 0.4) is 0 Å². The fraction of sp³-hybridized carbons (Fsp3) is 0.750. The SMILES string of the molecule is C=C(C)NCCCN(C)S(C)(=O)=O. The first-order chi connectivity index (χ1) is 5.84. The highest BCUT2D eigenvalue weighted by Gasteiger charge is 2.08. The Morgan fingerprint density at radius 3 is 2.46 bits per heavy atom. The zero-order valence-electron chi connectivity index (χ0n) is 8.50. The van der Waals surface area contributed by atoms with Crippen molar-refractivity contribution in [1.82, 2.24) is 9.62 Å². The molecule has 0 spiro atoms. The lowest BCUT2D eigenvalue weighted by Crippen LogP contribution is -2.28. The van der Waals surface area contributed by atoms with Crippen LogP contribution in [0.2, 0.25) is 0 Å². The minimum atomic E-state index is -3.02. The Bertz CT molecular complexity index is 259. The van der Waals surface area contributed by atoms with E-state index < -0.39 is 10.0 Å². The topological polar surface area (TPSA) is 49.4 Å². The van der Waals surface area contributed by atoms with Crippen LogP contribution < -0.4 is 5.32 Å². The molecule has 0 heterocycles. The van der Waals surface area contributed by atoms with E-state index in [2.05, 4.69) is 11.9 Å². The average Bonchev–Trinajstić information content (AvgIpc) is 1.95. The molecule has 0 aromatic carbocycles.